The molecule has 0 aliphatic carbocycles. The number of hydrogen-bond acceptors (Lipinski definition) is 3. The van der Waals surface area contributed by atoms with E-state index in [0.717, 1.165) is 4.90 Å². The zero-order chi connectivity index (χ0) is 15.3. The minimum Gasteiger partial charge on any atom is -0.464 e. The van der Waals surface area contributed by atoms with Crippen LogP contribution < -0.4 is 0 Å². The normalized spacial score (nSPS) is 20.1. The molecule has 0 N–H and O–H groups in total. The van der Waals surface area contributed by atoms with Gasteiger partial charge in [0.1, 0.15) is 6.04 Å². The lowest BCUT2D eigenvalue weighted by atomic mass is 10.1. The molecule has 4 nitrogen and oxygen atoms in total. The summed E-state index contributed by atoms with van der Waals surface area (Å²) in [4.78, 5) is 24.7. The van der Waals surface area contributed by atoms with E-state index in [9.17, 15) is 22.8 Å². The van der Waals surface area contributed by atoms with Crippen molar-refractivity contribution in [3.63, 3.8) is 0 Å². The summed E-state index contributed by atoms with van der Waals surface area (Å²) in [5, 5.41) is 0. The van der Waals surface area contributed by atoms with E-state index in [-0.39, 0.29) is 19.6 Å². The average molecular weight is 293 g/mol. The van der Waals surface area contributed by atoms with Gasteiger partial charge in [-0.3, -0.25) is 4.79 Å². The maximum absolute atomic E-state index is 12.6. The van der Waals surface area contributed by atoms with Crippen molar-refractivity contribution < 1.29 is 27.5 Å². The van der Waals surface area contributed by atoms with Crippen LogP contribution in [0.5, 0.6) is 0 Å². The van der Waals surface area contributed by atoms with E-state index in [4.69, 9.17) is 4.74 Å². The van der Waals surface area contributed by atoms with E-state index < -0.39 is 29.7 Å². The van der Waals surface area contributed by atoms with Crippen molar-refractivity contribution in [1.82, 2.24) is 4.90 Å². The predicted molar refractivity (Wildman–Crippen MR) is 65.8 cm³/mol. The first kappa shape index (κ1) is 16.5. The number of ether oxygens (including phenoxy) is 1. The van der Waals surface area contributed by atoms with Gasteiger partial charge in [0.05, 0.1) is 6.61 Å². The summed E-state index contributed by atoms with van der Waals surface area (Å²) in [6.45, 7) is 3.42. The first-order valence-electron chi connectivity index (χ1n) is 6.56. The molecule has 1 rings (SSSR count). The third-order valence-electron chi connectivity index (χ3n) is 3.14. The molecule has 0 saturated carbocycles. The third-order valence-corrected chi connectivity index (χ3v) is 3.14. The Morgan fingerprint density at radius 1 is 1.35 bits per heavy atom. The Labute approximate surface area is 115 Å². The van der Waals surface area contributed by atoms with Gasteiger partial charge in [0.2, 0.25) is 5.91 Å². The number of nitrogens with zero attached hydrogens (tertiary/aromatic N) is 1. The van der Waals surface area contributed by atoms with Crippen molar-refractivity contribution in [2.24, 2.45) is 0 Å². The molecule has 0 aromatic carbocycles. The summed E-state index contributed by atoms with van der Waals surface area (Å²) in [5.41, 5.74) is -0.892. The summed E-state index contributed by atoms with van der Waals surface area (Å²) in [6.07, 6.45) is -3.23. The highest BCUT2D eigenvalue weighted by molar-refractivity contribution is 5.92. The molecule has 114 valence electrons. The SMILES string of the molecule is CCOC(=O)C1CCCN1C(=O)/C=C(\CC)C(F)(F)F. The summed E-state index contributed by atoms with van der Waals surface area (Å²) in [7, 11) is 0. The molecule has 1 atom stereocenters. The summed E-state index contributed by atoms with van der Waals surface area (Å²) in [5.74, 6) is -1.34. The van der Waals surface area contributed by atoms with Crippen molar-refractivity contribution in [3.8, 4) is 0 Å². The van der Waals surface area contributed by atoms with Crippen molar-refractivity contribution in [3.05, 3.63) is 11.6 Å². The van der Waals surface area contributed by atoms with Gasteiger partial charge < -0.3 is 9.64 Å². The van der Waals surface area contributed by atoms with Crippen LogP contribution in [0.1, 0.15) is 33.1 Å². The Morgan fingerprint density at radius 3 is 2.50 bits per heavy atom. The summed E-state index contributed by atoms with van der Waals surface area (Å²) >= 11 is 0. The van der Waals surface area contributed by atoms with E-state index in [1.54, 1.807) is 6.92 Å². The standard InChI is InChI=1S/C13H18F3NO3/c1-3-9(13(14,15)16)8-11(18)17-7-5-6-10(17)12(19)20-4-2/h8,10H,3-7H2,1-2H3/b9-8+. The molecule has 1 aliphatic rings. The van der Waals surface area contributed by atoms with E-state index in [1.807, 2.05) is 0 Å². The molecule has 20 heavy (non-hydrogen) atoms. The molecule has 7 heteroatoms. The number of amides is 1. The van der Waals surface area contributed by atoms with Crippen molar-refractivity contribution in [2.45, 2.75) is 45.3 Å². The predicted octanol–water partition coefficient (Wildman–Crippen LogP) is 2.44. The lowest BCUT2D eigenvalue weighted by Crippen LogP contribution is -2.41. The number of hydrogen-bond donors (Lipinski definition) is 0. The maximum atomic E-state index is 12.6. The van der Waals surface area contributed by atoms with Gasteiger partial charge in [0.25, 0.3) is 0 Å². The van der Waals surface area contributed by atoms with E-state index in [0.29, 0.717) is 18.9 Å². The highest BCUT2D eigenvalue weighted by Crippen LogP contribution is 2.28. The molecule has 0 aromatic heterocycles. The molecular formula is C13H18F3NO3. The molecule has 1 amide bonds. The molecule has 1 unspecified atom stereocenters. The van der Waals surface area contributed by atoms with Gasteiger partial charge >= 0.3 is 12.1 Å². The van der Waals surface area contributed by atoms with Crippen LogP contribution in [0.4, 0.5) is 13.2 Å². The fourth-order valence-electron chi connectivity index (χ4n) is 2.13. The van der Waals surface area contributed by atoms with Crippen LogP contribution in [-0.2, 0) is 14.3 Å². The van der Waals surface area contributed by atoms with Gasteiger partial charge in [-0.1, -0.05) is 6.92 Å². The van der Waals surface area contributed by atoms with Gasteiger partial charge in [0.15, 0.2) is 0 Å². The largest absolute Gasteiger partial charge is 0.464 e. The molecule has 0 radical (unpaired) electrons. The molecule has 0 bridgehead atoms. The van der Waals surface area contributed by atoms with Crippen LogP contribution in [0, 0.1) is 0 Å². The number of carbonyl (C=O) groups is 2. The van der Waals surface area contributed by atoms with Gasteiger partial charge in [-0.25, -0.2) is 4.79 Å². The number of alkyl halides is 3. The van der Waals surface area contributed by atoms with Crippen LogP contribution in [0.2, 0.25) is 0 Å². The number of carbonyl (C=O) groups excluding carboxylic acids is 2. The van der Waals surface area contributed by atoms with Crippen LogP contribution in [-0.4, -0.2) is 42.1 Å². The maximum Gasteiger partial charge on any atom is 0.412 e. The fourth-order valence-corrected chi connectivity index (χ4v) is 2.13. The minimum atomic E-state index is -4.52. The van der Waals surface area contributed by atoms with Crippen LogP contribution in [0.25, 0.3) is 0 Å². The van der Waals surface area contributed by atoms with Crippen LogP contribution in [0.3, 0.4) is 0 Å². The minimum absolute atomic E-state index is 0.177. The Bertz CT molecular complexity index is 404. The monoisotopic (exact) mass is 293 g/mol. The summed E-state index contributed by atoms with van der Waals surface area (Å²) < 4.78 is 42.7. The van der Waals surface area contributed by atoms with Crippen molar-refractivity contribution >= 4 is 11.9 Å². The number of likely N-dealkylation sites (tertiary alicyclic amines) is 1. The smallest absolute Gasteiger partial charge is 0.412 e. The van der Waals surface area contributed by atoms with Gasteiger partial charge in [-0.2, -0.15) is 13.2 Å². The first-order valence-corrected chi connectivity index (χ1v) is 6.56. The highest BCUT2D eigenvalue weighted by atomic mass is 19.4. The Kier molecular flexibility index (Phi) is 5.59. The number of rotatable bonds is 4. The third kappa shape index (κ3) is 3.98. The zero-order valence-electron chi connectivity index (χ0n) is 11.5. The Hall–Kier alpha value is -1.53. The topological polar surface area (TPSA) is 46.6 Å². The number of esters is 1. The van der Waals surface area contributed by atoms with Crippen LogP contribution >= 0.6 is 0 Å². The fraction of sp³-hybridized carbons (Fsp3) is 0.692. The van der Waals surface area contributed by atoms with Gasteiger partial charge in [0, 0.05) is 18.2 Å². The molecule has 1 fully saturated rings. The zero-order valence-corrected chi connectivity index (χ0v) is 11.5. The Morgan fingerprint density at radius 2 is 2.00 bits per heavy atom. The molecule has 1 saturated heterocycles. The molecule has 1 aliphatic heterocycles. The van der Waals surface area contributed by atoms with E-state index in [2.05, 4.69) is 0 Å². The second-order valence-electron chi connectivity index (χ2n) is 4.46. The molecule has 1 heterocycles. The second kappa shape index (κ2) is 6.76. The quantitative estimate of drug-likeness (QED) is 0.591. The van der Waals surface area contributed by atoms with Crippen molar-refractivity contribution in [1.29, 1.82) is 0 Å². The molecule has 0 spiro atoms. The highest BCUT2D eigenvalue weighted by Gasteiger charge is 2.37. The first-order chi connectivity index (χ1) is 9.31. The Balaban J connectivity index is 2.85. The molecule has 0 aromatic rings. The van der Waals surface area contributed by atoms with Crippen LogP contribution in [0.15, 0.2) is 11.6 Å². The lowest BCUT2D eigenvalue weighted by Gasteiger charge is -2.22. The number of allylic oxidation sites excluding steroid dienone is 1. The molecular weight excluding hydrogens is 275 g/mol. The summed E-state index contributed by atoms with van der Waals surface area (Å²) in [6, 6.07) is -0.773. The average Bonchev–Trinajstić information content (AvgIpc) is 2.83. The van der Waals surface area contributed by atoms with Gasteiger partial charge in [-0.05, 0) is 26.2 Å². The number of halogens is 3. The van der Waals surface area contributed by atoms with E-state index >= 15 is 0 Å². The lowest BCUT2D eigenvalue weighted by molar-refractivity contribution is -0.151. The van der Waals surface area contributed by atoms with Gasteiger partial charge in [-0.15, -0.1) is 0 Å². The second-order valence-corrected chi connectivity index (χ2v) is 4.46. The van der Waals surface area contributed by atoms with Crippen molar-refractivity contribution in [2.75, 3.05) is 13.2 Å². The van der Waals surface area contributed by atoms with E-state index in [1.165, 1.54) is 6.92 Å².